The Labute approximate surface area is 511 Å². The first-order chi connectivity index (χ1) is 43.1. The third-order valence-electron chi connectivity index (χ3n) is 20.3. The Hall–Kier alpha value is -10.4. The number of para-hydroxylation sites is 6. The van der Waals surface area contributed by atoms with E-state index >= 15 is 0 Å². The van der Waals surface area contributed by atoms with Crippen LogP contribution in [0.25, 0.3) is 77.2 Å². The van der Waals surface area contributed by atoms with Crippen LogP contribution in [0.15, 0.2) is 249 Å². The van der Waals surface area contributed by atoms with Crippen molar-refractivity contribution in [1.82, 2.24) is 9.13 Å². The third kappa shape index (κ3) is 7.03. The van der Waals surface area contributed by atoms with E-state index < -0.39 is 0 Å². The molecule has 0 atom stereocenters. The molecule has 88 heavy (non-hydrogen) atoms. The van der Waals surface area contributed by atoms with Crippen LogP contribution in [0.2, 0.25) is 0 Å². The zero-order chi connectivity index (χ0) is 58.3. The molecule has 4 aliphatic heterocycles. The average Bonchev–Trinajstić information content (AvgIpc) is 0.901. The van der Waals surface area contributed by atoms with E-state index in [0.29, 0.717) is 0 Å². The van der Waals surface area contributed by atoms with E-state index in [-0.39, 0.29) is 24.3 Å². The van der Waals surface area contributed by atoms with Gasteiger partial charge in [0.05, 0.1) is 22.1 Å². The predicted molar refractivity (Wildman–Crippen MR) is 365 cm³/mol. The molecule has 0 spiro atoms. The zero-order valence-corrected chi connectivity index (χ0v) is 49.3. The molecule has 0 saturated carbocycles. The summed E-state index contributed by atoms with van der Waals surface area (Å²) in [6.45, 7) is 9.47. The SMILES string of the molecule is CC1(C)CCC(C)(C)c2c(-c3ccc(N4c5cc(-n6c7ccccc7c7ccccc76)ccc5B5c6ccc(-n7c8ccccc8c8ccccc87)cc6Oc6cc(-c7cc8c9c(c7)Oc7ccccc7B9c7ccccc7O8)cc4c65)cc3)cccc21. The molecule has 8 heteroatoms. The number of fused-ring (bicyclic) bond motifs is 15. The van der Waals surface area contributed by atoms with E-state index in [0.717, 1.165) is 125 Å². The van der Waals surface area contributed by atoms with Gasteiger partial charge in [0.2, 0.25) is 0 Å². The first-order valence-corrected chi connectivity index (χ1v) is 31.0. The third-order valence-corrected chi connectivity index (χ3v) is 20.3. The van der Waals surface area contributed by atoms with Gasteiger partial charge in [-0.25, -0.2) is 0 Å². The molecule has 14 aromatic rings. The molecule has 0 N–H and O–H groups in total. The highest BCUT2D eigenvalue weighted by atomic mass is 16.5. The maximum absolute atomic E-state index is 7.58. The molecule has 0 unspecified atom stereocenters. The highest BCUT2D eigenvalue weighted by Crippen LogP contribution is 2.51. The zero-order valence-electron chi connectivity index (χ0n) is 49.3. The van der Waals surface area contributed by atoms with Crippen molar-refractivity contribution < 1.29 is 14.2 Å². The van der Waals surface area contributed by atoms with Gasteiger partial charge in [0.25, 0.3) is 13.4 Å². The molecule has 416 valence electrons. The van der Waals surface area contributed by atoms with E-state index in [4.69, 9.17) is 14.2 Å². The Kier molecular flexibility index (Phi) is 10.2. The van der Waals surface area contributed by atoms with E-state index in [2.05, 4.69) is 290 Å². The summed E-state index contributed by atoms with van der Waals surface area (Å²) in [4.78, 5) is 2.52. The summed E-state index contributed by atoms with van der Waals surface area (Å²) < 4.78 is 26.4. The molecule has 6 heterocycles. The second-order valence-electron chi connectivity index (χ2n) is 26.1. The molecule has 12 aromatic carbocycles. The van der Waals surface area contributed by atoms with Crippen molar-refractivity contribution >= 4 is 107 Å². The van der Waals surface area contributed by atoms with Crippen LogP contribution in [0.4, 0.5) is 17.1 Å². The fraction of sp³-hybridized carbons (Fsp3) is 0.100. The Morgan fingerprint density at radius 1 is 0.330 bits per heavy atom. The Morgan fingerprint density at radius 2 is 0.784 bits per heavy atom. The summed E-state index contributed by atoms with van der Waals surface area (Å²) in [7, 11) is 0. The summed E-state index contributed by atoms with van der Waals surface area (Å²) in [5.74, 6) is 4.94. The summed E-state index contributed by atoms with van der Waals surface area (Å²) in [5.41, 5.74) is 24.3. The number of hydrogen-bond donors (Lipinski definition) is 0. The number of aromatic nitrogens is 2. The summed E-state index contributed by atoms with van der Waals surface area (Å²) in [6.07, 6.45) is 2.30. The van der Waals surface area contributed by atoms with Crippen LogP contribution < -0.4 is 51.9 Å². The minimum atomic E-state index is -0.181. The largest absolute Gasteiger partial charge is 0.458 e. The lowest BCUT2D eigenvalue weighted by Gasteiger charge is -2.43. The fourth-order valence-corrected chi connectivity index (χ4v) is 16.2. The van der Waals surface area contributed by atoms with Gasteiger partial charge in [0.15, 0.2) is 0 Å². The maximum atomic E-state index is 7.58. The van der Waals surface area contributed by atoms with Crippen LogP contribution >= 0.6 is 0 Å². The number of nitrogens with zero attached hydrogens (tertiary/aromatic N) is 3. The van der Waals surface area contributed by atoms with Crippen molar-refractivity contribution in [2.45, 2.75) is 51.4 Å². The van der Waals surface area contributed by atoms with Crippen molar-refractivity contribution in [2.75, 3.05) is 4.90 Å². The molecule has 0 amide bonds. The van der Waals surface area contributed by atoms with Crippen LogP contribution in [0.3, 0.4) is 0 Å². The maximum Gasteiger partial charge on any atom is 0.260 e. The molecule has 19 rings (SSSR count). The first-order valence-electron chi connectivity index (χ1n) is 31.0. The monoisotopic (exact) mass is 1130 g/mol. The van der Waals surface area contributed by atoms with Gasteiger partial charge in [0, 0.05) is 61.5 Å². The molecule has 1 aliphatic carbocycles. The van der Waals surface area contributed by atoms with Crippen LogP contribution in [0, 0.1) is 0 Å². The lowest BCUT2D eigenvalue weighted by molar-refractivity contribution is 0.333. The van der Waals surface area contributed by atoms with Crippen LogP contribution in [0.1, 0.15) is 51.7 Å². The molecule has 0 fully saturated rings. The second-order valence-corrected chi connectivity index (χ2v) is 26.1. The first kappa shape index (κ1) is 49.8. The number of benzene rings is 12. The lowest BCUT2D eigenvalue weighted by atomic mass is 9.34. The molecular weight excluding hydrogens is 1070 g/mol. The number of rotatable bonds is 5. The molecule has 0 radical (unpaired) electrons. The van der Waals surface area contributed by atoms with Gasteiger partial charge in [-0.05, 0) is 175 Å². The van der Waals surface area contributed by atoms with E-state index in [9.17, 15) is 0 Å². The van der Waals surface area contributed by atoms with Gasteiger partial charge >= 0.3 is 0 Å². The Bertz CT molecular complexity index is 5190. The smallest absolute Gasteiger partial charge is 0.260 e. The van der Waals surface area contributed by atoms with E-state index in [1.165, 1.54) is 60.3 Å². The molecule has 0 bridgehead atoms. The quantitative estimate of drug-likeness (QED) is 0.161. The van der Waals surface area contributed by atoms with Crippen molar-refractivity contribution in [3.63, 3.8) is 0 Å². The predicted octanol–water partition coefficient (Wildman–Crippen LogP) is 16.7. The summed E-state index contributed by atoms with van der Waals surface area (Å²) >= 11 is 0. The van der Waals surface area contributed by atoms with Crippen LogP contribution in [0.5, 0.6) is 34.5 Å². The Balaban J connectivity index is 0.862. The topological polar surface area (TPSA) is 40.8 Å². The Morgan fingerprint density at radius 3 is 1.38 bits per heavy atom. The van der Waals surface area contributed by atoms with Gasteiger partial charge in [0.1, 0.15) is 34.5 Å². The molecular formula is C80H57B2N3O3. The standard InChI is InChI=1S/C80H57B2N3O3/c1-79(2)40-41-80(3,4)76-54(22-17-23-59(76)79)48-32-34-51(35-33-48)83-68-46-52(84-64-26-11-5-18-55(64)56-19-6-12-27-65(56)84)36-38-60(68)81-63-39-37-53(85-66-28-13-7-20-57(66)58-21-8-14-29-67(58)85)47-72(63)88-73-43-49(42-69(83)77(73)81)50-44-74-78-75(45-50)87-71-31-16-10-25-62(71)82(78)61-24-9-15-30-70(61)86-74/h5-39,42-47H,40-41H2,1-4H3. The number of anilines is 3. The van der Waals surface area contributed by atoms with Crippen molar-refractivity contribution in [3.8, 4) is 68.1 Å². The highest BCUT2D eigenvalue weighted by molar-refractivity contribution is 6.99. The summed E-state index contributed by atoms with van der Waals surface area (Å²) in [6, 6.07) is 91.6. The minimum Gasteiger partial charge on any atom is -0.458 e. The minimum absolute atomic E-state index is 0.0308. The molecule has 5 aliphatic rings. The van der Waals surface area contributed by atoms with Gasteiger partial charge in [-0.15, -0.1) is 0 Å². The van der Waals surface area contributed by atoms with E-state index in [1.54, 1.807) is 0 Å². The van der Waals surface area contributed by atoms with E-state index in [1.807, 2.05) is 0 Å². The van der Waals surface area contributed by atoms with Gasteiger partial charge in [-0.1, -0.05) is 179 Å². The highest BCUT2D eigenvalue weighted by Gasteiger charge is 2.45. The molecule has 2 aromatic heterocycles. The van der Waals surface area contributed by atoms with Crippen LogP contribution in [-0.4, -0.2) is 22.6 Å². The normalized spacial score (nSPS) is 15.1. The molecule has 0 saturated heterocycles. The fourth-order valence-electron chi connectivity index (χ4n) is 16.2. The number of ether oxygens (including phenoxy) is 3. The second kappa shape index (κ2) is 18.1. The van der Waals surface area contributed by atoms with Crippen LogP contribution in [-0.2, 0) is 10.8 Å². The number of hydrogen-bond acceptors (Lipinski definition) is 4. The lowest BCUT2D eigenvalue weighted by Crippen LogP contribution is -2.59. The molecule has 6 nitrogen and oxygen atoms in total. The average molecular weight is 1130 g/mol. The summed E-state index contributed by atoms with van der Waals surface area (Å²) in [5, 5.41) is 4.89. The van der Waals surface area contributed by atoms with Crippen molar-refractivity contribution in [3.05, 3.63) is 260 Å². The van der Waals surface area contributed by atoms with Gasteiger partial charge in [-0.3, -0.25) is 0 Å². The van der Waals surface area contributed by atoms with Crippen molar-refractivity contribution in [2.24, 2.45) is 0 Å². The van der Waals surface area contributed by atoms with Gasteiger partial charge in [-0.2, -0.15) is 0 Å². The van der Waals surface area contributed by atoms with Gasteiger partial charge < -0.3 is 28.2 Å². The van der Waals surface area contributed by atoms with Crippen molar-refractivity contribution in [1.29, 1.82) is 0 Å².